The molecule has 4 aromatic rings. The van der Waals surface area contributed by atoms with Gasteiger partial charge in [0, 0.05) is 36.6 Å². The highest BCUT2D eigenvalue weighted by molar-refractivity contribution is 5.95. The molecule has 2 N–H and O–H groups in total. The molecule has 172 valence electrons. The van der Waals surface area contributed by atoms with Crippen molar-refractivity contribution in [3.8, 4) is 16.9 Å². The van der Waals surface area contributed by atoms with Gasteiger partial charge in [0.2, 0.25) is 5.91 Å². The zero-order valence-corrected chi connectivity index (χ0v) is 18.5. The predicted octanol–water partition coefficient (Wildman–Crippen LogP) is 5.04. The highest BCUT2D eigenvalue weighted by Gasteiger charge is 2.27. The number of benzene rings is 2. The van der Waals surface area contributed by atoms with E-state index < -0.39 is 5.82 Å². The van der Waals surface area contributed by atoms with Gasteiger partial charge in [-0.25, -0.2) is 9.07 Å². The van der Waals surface area contributed by atoms with Crippen molar-refractivity contribution >= 4 is 28.3 Å². The third kappa shape index (κ3) is 3.98. The summed E-state index contributed by atoms with van der Waals surface area (Å²) in [7, 11) is 0. The van der Waals surface area contributed by atoms with Gasteiger partial charge in [0.15, 0.2) is 0 Å². The van der Waals surface area contributed by atoms with E-state index in [1.54, 1.807) is 23.4 Å². The van der Waals surface area contributed by atoms with E-state index >= 15 is 0 Å². The summed E-state index contributed by atoms with van der Waals surface area (Å²) in [5.41, 5.74) is 2.25. The Kier molecular flexibility index (Phi) is 5.71. The van der Waals surface area contributed by atoms with Crippen molar-refractivity contribution in [2.45, 2.75) is 18.9 Å². The molecule has 5 rings (SSSR count). The second-order valence-corrected chi connectivity index (χ2v) is 8.30. The van der Waals surface area contributed by atoms with Crippen LogP contribution in [0.1, 0.15) is 18.9 Å². The normalized spacial score (nSPS) is 15.9. The number of hydrogen-bond acceptors (Lipinski definition) is 5. The zero-order chi connectivity index (χ0) is 23.7. The smallest absolute Gasteiger partial charge is 0.246 e. The van der Waals surface area contributed by atoms with Crippen molar-refractivity contribution in [2.75, 3.05) is 18.4 Å². The van der Waals surface area contributed by atoms with Crippen LogP contribution in [0.25, 0.3) is 22.0 Å². The minimum Gasteiger partial charge on any atom is -0.507 e. The SMILES string of the molecule is C=CC(=O)N1CCCC(n2nc3ccc(-c4c(O)cccc4F)cc3c2Nc2ccncc2)C1. The van der Waals surface area contributed by atoms with Crippen molar-refractivity contribution in [2.24, 2.45) is 0 Å². The number of carbonyl (C=O) groups excluding carboxylic acids is 1. The van der Waals surface area contributed by atoms with Crippen LogP contribution in [-0.2, 0) is 4.79 Å². The molecule has 7 nitrogen and oxygen atoms in total. The lowest BCUT2D eigenvalue weighted by molar-refractivity contribution is -0.127. The summed E-state index contributed by atoms with van der Waals surface area (Å²) in [6, 6.07) is 13.3. The Morgan fingerprint density at radius 1 is 1.21 bits per heavy atom. The van der Waals surface area contributed by atoms with E-state index in [1.807, 2.05) is 28.9 Å². The quantitative estimate of drug-likeness (QED) is 0.411. The van der Waals surface area contributed by atoms with Gasteiger partial charge in [-0.15, -0.1) is 0 Å². The molecular formula is C26H24FN5O2. The molecule has 0 radical (unpaired) electrons. The largest absolute Gasteiger partial charge is 0.507 e. The number of fused-ring (bicyclic) bond motifs is 1. The molecule has 1 aliphatic rings. The van der Waals surface area contributed by atoms with Gasteiger partial charge >= 0.3 is 0 Å². The van der Waals surface area contributed by atoms with E-state index in [2.05, 4.69) is 16.9 Å². The third-order valence-electron chi connectivity index (χ3n) is 6.15. The minimum absolute atomic E-state index is 0.0419. The first-order valence-corrected chi connectivity index (χ1v) is 11.1. The molecule has 1 unspecified atom stereocenters. The number of anilines is 2. The third-order valence-corrected chi connectivity index (χ3v) is 6.15. The molecule has 1 atom stereocenters. The molecule has 0 aliphatic carbocycles. The number of amides is 1. The van der Waals surface area contributed by atoms with Crippen LogP contribution in [0.2, 0.25) is 0 Å². The van der Waals surface area contributed by atoms with Crippen LogP contribution in [-0.4, -0.2) is 43.8 Å². The summed E-state index contributed by atoms with van der Waals surface area (Å²) in [5.74, 6) is 0.0154. The molecule has 2 aromatic carbocycles. The highest BCUT2D eigenvalue weighted by atomic mass is 19.1. The topological polar surface area (TPSA) is 83.3 Å². The predicted molar refractivity (Wildman–Crippen MR) is 129 cm³/mol. The number of phenolic OH excluding ortho intramolecular Hbond substituents is 1. The van der Waals surface area contributed by atoms with E-state index in [0.29, 0.717) is 18.7 Å². The number of rotatable bonds is 5. The number of halogens is 1. The fourth-order valence-corrected chi connectivity index (χ4v) is 4.50. The molecule has 1 aliphatic heterocycles. The second-order valence-electron chi connectivity index (χ2n) is 8.30. The van der Waals surface area contributed by atoms with E-state index in [0.717, 1.165) is 35.2 Å². The molecule has 8 heteroatoms. The van der Waals surface area contributed by atoms with Crippen LogP contribution in [0.5, 0.6) is 5.75 Å². The van der Waals surface area contributed by atoms with Crippen molar-refractivity contribution in [1.82, 2.24) is 19.7 Å². The van der Waals surface area contributed by atoms with Gasteiger partial charge in [0.1, 0.15) is 17.4 Å². The van der Waals surface area contributed by atoms with Crippen LogP contribution in [0.3, 0.4) is 0 Å². The number of aromatic hydroxyl groups is 1. The van der Waals surface area contributed by atoms with Crippen molar-refractivity contribution in [3.05, 3.63) is 79.4 Å². The maximum absolute atomic E-state index is 14.6. The van der Waals surface area contributed by atoms with Crippen LogP contribution < -0.4 is 5.32 Å². The summed E-state index contributed by atoms with van der Waals surface area (Å²) >= 11 is 0. The van der Waals surface area contributed by atoms with Crippen molar-refractivity contribution in [3.63, 3.8) is 0 Å². The van der Waals surface area contributed by atoms with Gasteiger partial charge in [-0.1, -0.05) is 18.7 Å². The standard InChI is InChI=1S/C26H24FN5O2/c1-2-24(34)31-14-4-5-19(16-31)32-26(29-18-10-12-28-13-11-18)20-15-17(8-9-22(20)30-32)25-21(27)6-3-7-23(25)33/h2-3,6-13,15,19,33H,1,4-5,14,16H2,(H,28,29). The number of likely N-dealkylation sites (tertiary alicyclic amines) is 1. The molecule has 1 saturated heterocycles. The Morgan fingerprint density at radius 3 is 2.79 bits per heavy atom. The van der Waals surface area contributed by atoms with E-state index in [4.69, 9.17) is 5.10 Å². The first-order valence-electron chi connectivity index (χ1n) is 11.1. The molecule has 3 heterocycles. The number of pyridine rings is 1. The summed E-state index contributed by atoms with van der Waals surface area (Å²) in [6.45, 7) is 4.82. The van der Waals surface area contributed by atoms with Gasteiger partial charge in [0.05, 0.1) is 17.1 Å². The second kappa shape index (κ2) is 8.97. The lowest BCUT2D eigenvalue weighted by Crippen LogP contribution is -2.40. The highest BCUT2D eigenvalue weighted by Crippen LogP contribution is 2.37. The Balaban J connectivity index is 1.64. The summed E-state index contributed by atoms with van der Waals surface area (Å²) in [6.07, 6.45) is 6.44. The molecular weight excluding hydrogens is 433 g/mol. The Bertz CT molecular complexity index is 1350. The monoisotopic (exact) mass is 457 g/mol. The average molecular weight is 458 g/mol. The maximum atomic E-state index is 14.6. The lowest BCUT2D eigenvalue weighted by atomic mass is 10.0. The molecule has 2 aromatic heterocycles. The van der Waals surface area contributed by atoms with Crippen LogP contribution >= 0.6 is 0 Å². The minimum atomic E-state index is -0.499. The fourth-order valence-electron chi connectivity index (χ4n) is 4.50. The number of phenols is 1. The van der Waals surface area contributed by atoms with E-state index in [1.165, 1.54) is 24.3 Å². The summed E-state index contributed by atoms with van der Waals surface area (Å²) in [5, 5.41) is 19.4. The number of hydrogen-bond donors (Lipinski definition) is 2. The maximum Gasteiger partial charge on any atom is 0.246 e. The molecule has 0 bridgehead atoms. The van der Waals surface area contributed by atoms with E-state index in [-0.39, 0.29) is 23.3 Å². The Hall–Kier alpha value is -4.20. The molecule has 1 amide bonds. The summed E-state index contributed by atoms with van der Waals surface area (Å²) < 4.78 is 16.5. The Morgan fingerprint density at radius 2 is 2.03 bits per heavy atom. The molecule has 0 saturated carbocycles. The molecule has 1 fully saturated rings. The number of carbonyl (C=O) groups is 1. The first-order chi connectivity index (χ1) is 16.5. The zero-order valence-electron chi connectivity index (χ0n) is 18.5. The van der Waals surface area contributed by atoms with Crippen molar-refractivity contribution in [1.29, 1.82) is 0 Å². The van der Waals surface area contributed by atoms with Gasteiger partial charge < -0.3 is 15.3 Å². The Labute approximate surface area is 196 Å². The molecule has 0 spiro atoms. The van der Waals surface area contributed by atoms with Crippen LogP contribution in [0.4, 0.5) is 15.9 Å². The van der Waals surface area contributed by atoms with E-state index in [9.17, 15) is 14.3 Å². The first kappa shape index (κ1) is 21.6. The number of nitrogens with zero attached hydrogens (tertiary/aromatic N) is 4. The van der Waals surface area contributed by atoms with Gasteiger partial charge in [-0.05, 0) is 60.9 Å². The number of nitrogens with one attached hydrogen (secondary N) is 1. The van der Waals surface area contributed by atoms with Gasteiger partial charge in [-0.2, -0.15) is 5.10 Å². The number of aromatic nitrogens is 3. The summed E-state index contributed by atoms with van der Waals surface area (Å²) in [4.78, 5) is 18.1. The number of piperidine rings is 1. The van der Waals surface area contributed by atoms with Gasteiger partial charge in [-0.3, -0.25) is 9.78 Å². The van der Waals surface area contributed by atoms with Crippen LogP contribution in [0, 0.1) is 5.82 Å². The van der Waals surface area contributed by atoms with Crippen LogP contribution in [0.15, 0.2) is 73.6 Å². The van der Waals surface area contributed by atoms with Crippen molar-refractivity contribution < 1.29 is 14.3 Å². The fraction of sp³-hybridized carbons (Fsp3) is 0.192. The van der Waals surface area contributed by atoms with Gasteiger partial charge in [0.25, 0.3) is 0 Å². The lowest BCUT2D eigenvalue weighted by Gasteiger charge is -2.33. The average Bonchev–Trinajstić information content (AvgIpc) is 3.22. The molecule has 34 heavy (non-hydrogen) atoms.